The maximum atomic E-state index is 12.4. The molecule has 7 nitrogen and oxygen atoms in total. The Morgan fingerprint density at radius 2 is 2.04 bits per heavy atom. The molecule has 0 saturated heterocycles. The molecule has 2 heterocycles. The number of rotatable bonds is 7. The zero-order chi connectivity index (χ0) is 19.6. The summed E-state index contributed by atoms with van der Waals surface area (Å²) in [6, 6.07) is 7.98. The van der Waals surface area contributed by atoms with E-state index in [4.69, 9.17) is 0 Å². The Bertz CT molecular complexity index is 1130. The fourth-order valence-electron chi connectivity index (χ4n) is 2.59. The van der Waals surface area contributed by atoms with E-state index in [9.17, 15) is 13.2 Å². The average Bonchev–Trinajstić information content (AvgIpc) is 3.02. The van der Waals surface area contributed by atoms with E-state index < -0.39 is 10.0 Å². The molecule has 0 bridgehead atoms. The van der Waals surface area contributed by atoms with Gasteiger partial charge < -0.3 is 5.32 Å². The van der Waals surface area contributed by atoms with Crippen LogP contribution in [0.2, 0.25) is 0 Å². The van der Waals surface area contributed by atoms with Crippen LogP contribution in [-0.2, 0) is 16.6 Å². The zero-order valence-electron chi connectivity index (χ0n) is 15.0. The lowest BCUT2D eigenvalue weighted by Gasteiger charge is -2.15. The minimum atomic E-state index is -3.53. The topological polar surface area (TPSA) is 83.8 Å². The number of aromatic nitrogens is 2. The zero-order valence-corrected chi connectivity index (χ0v) is 16.7. The van der Waals surface area contributed by atoms with E-state index >= 15 is 0 Å². The van der Waals surface area contributed by atoms with Crippen LogP contribution in [0.15, 0.2) is 58.1 Å². The highest BCUT2D eigenvalue weighted by Crippen LogP contribution is 2.18. The highest BCUT2D eigenvalue weighted by atomic mass is 32.2. The van der Waals surface area contributed by atoms with Crippen LogP contribution >= 0.6 is 11.3 Å². The van der Waals surface area contributed by atoms with Gasteiger partial charge in [0.25, 0.3) is 5.56 Å². The fraction of sp³-hybridized carbons (Fsp3) is 0.222. The molecule has 1 aromatic carbocycles. The van der Waals surface area contributed by atoms with Crippen molar-refractivity contribution in [1.82, 2.24) is 13.7 Å². The van der Waals surface area contributed by atoms with E-state index in [0.717, 1.165) is 11.4 Å². The lowest BCUT2D eigenvalue weighted by atomic mass is 10.3. The quantitative estimate of drug-likeness (QED) is 0.612. The van der Waals surface area contributed by atoms with Gasteiger partial charge in [-0.2, -0.15) is 4.31 Å². The van der Waals surface area contributed by atoms with Crippen LogP contribution in [0.5, 0.6) is 0 Å². The standard InChI is InChI=1S/C18H20N4O3S2/c1-4-9-21(3)27(24,25)16-7-5-14(6-8-16)19-11-15-10-17(23)22-13(2)12-26-18(22)20-15/h4-8,10,12,19H,1,9,11H2,2-3H3. The highest BCUT2D eigenvalue weighted by molar-refractivity contribution is 7.89. The van der Waals surface area contributed by atoms with Gasteiger partial charge in [0, 0.05) is 36.4 Å². The number of sulfonamides is 1. The molecule has 0 spiro atoms. The number of hydrogen-bond acceptors (Lipinski definition) is 6. The van der Waals surface area contributed by atoms with Crippen molar-refractivity contribution in [2.75, 3.05) is 18.9 Å². The van der Waals surface area contributed by atoms with Gasteiger partial charge in [-0.15, -0.1) is 17.9 Å². The smallest absolute Gasteiger partial charge is 0.259 e. The summed E-state index contributed by atoms with van der Waals surface area (Å²) in [6.45, 7) is 6.03. The van der Waals surface area contributed by atoms with Gasteiger partial charge in [0.2, 0.25) is 10.0 Å². The summed E-state index contributed by atoms with van der Waals surface area (Å²) >= 11 is 1.42. The molecule has 0 aliphatic carbocycles. The van der Waals surface area contributed by atoms with E-state index in [-0.39, 0.29) is 17.0 Å². The van der Waals surface area contributed by atoms with Crippen molar-refractivity contribution in [3.05, 3.63) is 70.1 Å². The summed E-state index contributed by atoms with van der Waals surface area (Å²) in [5.74, 6) is 0. The third-order valence-corrected chi connectivity index (χ3v) is 6.83. The molecule has 3 aromatic rings. The van der Waals surface area contributed by atoms with Crippen molar-refractivity contribution in [2.45, 2.75) is 18.4 Å². The molecular weight excluding hydrogens is 384 g/mol. The third-order valence-electron chi connectivity index (χ3n) is 4.05. The van der Waals surface area contributed by atoms with Gasteiger partial charge in [0.05, 0.1) is 17.1 Å². The van der Waals surface area contributed by atoms with Crippen molar-refractivity contribution >= 4 is 32.0 Å². The Hall–Kier alpha value is -2.49. The number of nitrogens with zero attached hydrogens (tertiary/aromatic N) is 3. The predicted octanol–water partition coefficient (Wildman–Crippen LogP) is 2.48. The van der Waals surface area contributed by atoms with Crippen molar-refractivity contribution in [3.8, 4) is 0 Å². The van der Waals surface area contributed by atoms with Crippen LogP contribution in [0.4, 0.5) is 5.69 Å². The minimum Gasteiger partial charge on any atom is -0.379 e. The van der Waals surface area contributed by atoms with Gasteiger partial charge >= 0.3 is 0 Å². The molecule has 1 N–H and O–H groups in total. The van der Waals surface area contributed by atoms with Gasteiger partial charge in [-0.25, -0.2) is 13.4 Å². The number of anilines is 1. The summed E-state index contributed by atoms with van der Waals surface area (Å²) in [7, 11) is -2.02. The third kappa shape index (κ3) is 3.95. The Morgan fingerprint density at radius 1 is 1.33 bits per heavy atom. The highest BCUT2D eigenvalue weighted by Gasteiger charge is 2.19. The number of aryl methyl sites for hydroxylation is 1. The molecule has 9 heteroatoms. The number of benzene rings is 1. The first-order chi connectivity index (χ1) is 12.8. The molecule has 142 valence electrons. The summed E-state index contributed by atoms with van der Waals surface area (Å²) in [4.78, 5) is 17.5. The minimum absolute atomic E-state index is 0.109. The van der Waals surface area contributed by atoms with Crippen LogP contribution in [0.25, 0.3) is 4.96 Å². The monoisotopic (exact) mass is 404 g/mol. The molecule has 0 amide bonds. The molecule has 0 aliphatic heterocycles. The SMILES string of the molecule is C=CCN(C)S(=O)(=O)c1ccc(NCc2cc(=O)n3c(C)csc3n2)cc1. The van der Waals surface area contributed by atoms with Crippen molar-refractivity contribution < 1.29 is 8.42 Å². The van der Waals surface area contributed by atoms with Gasteiger partial charge in [-0.1, -0.05) is 6.08 Å². The second kappa shape index (κ2) is 7.63. The first-order valence-corrected chi connectivity index (χ1v) is 10.5. The van der Waals surface area contributed by atoms with Gasteiger partial charge in [0.15, 0.2) is 4.96 Å². The van der Waals surface area contributed by atoms with Crippen molar-refractivity contribution in [2.24, 2.45) is 0 Å². The Kier molecular flexibility index (Phi) is 5.45. The molecule has 2 aromatic heterocycles. The van der Waals surface area contributed by atoms with E-state index in [2.05, 4.69) is 16.9 Å². The van der Waals surface area contributed by atoms with E-state index in [0.29, 0.717) is 17.2 Å². The molecule has 0 atom stereocenters. The normalized spacial score (nSPS) is 11.8. The van der Waals surface area contributed by atoms with Crippen LogP contribution in [0.3, 0.4) is 0 Å². The largest absolute Gasteiger partial charge is 0.379 e. The van der Waals surface area contributed by atoms with Crippen molar-refractivity contribution in [1.29, 1.82) is 0 Å². The second-order valence-corrected chi connectivity index (χ2v) is 8.91. The number of nitrogens with one attached hydrogen (secondary N) is 1. The summed E-state index contributed by atoms with van der Waals surface area (Å²) in [6.07, 6.45) is 1.54. The summed E-state index contributed by atoms with van der Waals surface area (Å²) < 4.78 is 27.6. The Morgan fingerprint density at radius 3 is 2.70 bits per heavy atom. The predicted molar refractivity (Wildman–Crippen MR) is 108 cm³/mol. The molecule has 0 saturated carbocycles. The molecule has 0 fully saturated rings. The number of likely N-dealkylation sites (N-methyl/N-ethyl adjacent to an activating group) is 1. The lowest BCUT2D eigenvalue weighted by molar-refractivity contribution is 0.499. The molecule has 0 unspecified atom stereocenters. The molecule has 27 heavy (non-hydrogen) atoms. The lowest BCUT2D eigenvalue weighted by Crippen LogP contribution is -2.26. The number of hydrogen-bond donors (Lipinski definition) is 1. The summed E-state index contributed by atoms with van der Waals surface area (Å²) in [5.41, 5.74) is 2.13. The fourth-order valence-corrected chi connectivity index (χ4v) is 4.62. The van der Waals surface area contributed by atoms with Gasteiger partial charge in [-0.3, -0.25) is 9.20 Å². The summed E-state index contributed by atoms with van der Waals surface area (Å²) in [5, 5.41) is 5.05. The molecule has 0 aliphatic rings. The Labute approximate surface area is 161 Å². The first-order valence-electron chi connectivity index (χ1n) is 8.21. The second-order valence-electron chi connectivity index (χ2n) is 6.03. The van der Waals surface area contributed by atoms with Crippen molar-refractivity contribution in [3.63, 3.8) is 0 Å². The maximum Gasteiger partial charge on any atom is 0.259 e. The van der Waals surface area contributed by atoms with E-state index in [1.165, 1.54) is 34.8 Å². The number of thiazole rings is 1. The Balaban J connectivity index is 1.74. The van der Waals surface area contributed by atoms with Gasteiger partial charge in [0.1, 0.15) is 0 Å². The van der Waals surface area contributed by atoms with E-state index in [1.807, 2.05) is 12.3 Å². The van der Waals surface area contributed by atoms with Crippen LogP contribution < -0.4 is 10.9 Å². The van der Waals surface area contributed by atoms with Crippen LogP contribution in [-0.4, -0.2) is 35.7 Å². The van der Waals surface area contributed by atoms with E-state index in [1.54, 1.807) is 28.7 Å². The molecular formula is C18H20N4O3S2. The van der Waals surface area contributed by atoms with Crippen LogP contribution in [0.1, 0.15) is 11.4 Å². The number of fused-ring (bicyclic) bond motifs is 1. The van der Waals surface area contributed by atoms with Crippen LogP contribution in [0, 0.1) is 6.92 Å². The molecule has 3 rings (SSSR count). The maximum absolute atomic E-state index is 12.4. The molecule has 0 radical (unpaired) electrons. The average molecular weight is 405 g/mol. The van der Waals surface area contributed by atoms with Gasteiger partial charge in [-0.05, 0) is 31.2 Å². The first kappa shape index (κ1) is 19.3.